The van der Waals surface area contributed by atoms with Crippen molar-refractivity contribution in [3.8, 4) is 22.6 Å². The van der Waals surface area contributed by atoms with Gasteiger partial charge in [0.05, 0.1) is 22.5 Å². The zero-order chi connectivity index (χ0) is 29.2. The molecule has 3 aromatic rings. The number of anilines is 1. The van der Waals surface area contributed by atoms with Crippen LogP contribution in [0.5, 0.6) is 11.5 Å². The molecule has 2 saturated carbocycles. The Balaban J connectivity index is 1.44. The number of halogens is 4. The van der Waals surface area contributed by atoms with Crippen molar-refractivity contribution in [3.63, 3.8) is 0 Å². The van der Waals surface area contributed by atoms with E-state index in [-0.39, 0.29) is 34.2 Å². The van der Waals surface area contributed by atoms with E-state index in [2.05, 4.69) is 20.7 Å². The minimum absolute atomic E-state index is 0.0393. The van der Waals surface area contributed by atoms with Crippen LogP contribution in [0.15, 0.2) is 70.0 Å². The molecule has 216 valence electrons. The highest BCUT2D eigenvalue weighted by Gasteiger charge is 2.62. The number of carboxylic acids is 1. The Labute approximate surface area is 243 Å². The number of carbonyl (C=O) groups is 1. The predicted molar refractivity (Wildman–Crippen MR) is 147 cm³/mol. The molecule has 12 heteroatoms. The summed E-state index contributed by atoms with van der Waals surface area (Å²) in [5.74, 6) is -1.72. The first kappa shape index (κ1) is 27.9. The number of hydrogen-bond donors (Lipinski definition) is 1. The maximum absolute atomic E-state index is 14.3. The third kappa shape index (κ3) is 4.84. The third-order valence-corrected chi connectivity index (χ3v) is 10.9. The second-order valence-electron chi connectivity index (χ2n) is 11.0. The molecule has 1 heterocycles. The quantitative estimate of drug-likeness (QED) is 0.300. The number of hydrogen-bond acceptors (Lipinski definition) is 5. The number of rotatable bonds is 7. The van der Waals surface area contributed by atoms with Gasteiger partial charge in [0.25, 0.3) is 10.0 Å². The molecule has 2 fully saturated rings. The van der Waals surface area contributed by atoms with Crippen LogP contribution in [0.3, 0.4) is 0 Å². The Morgan fingerprint density at radius 2 is 1.80 bits per heavy atom. The number of ether oxygens (including phenoxy) is 2. The van der Waals surface area contributed by atoms with E-state index >= 15 is 0 Å². The van der Waals surface area contributed by atoms with Gasteiger partial charge in [0.15, 0.2) is 0 Å². The molecule has 3 aromatic carbocycles. The van der Waals surface area contributed by atoms with E-state index in [0.717, 1.165) is 12.1 Å². The number of sulfonamides is 1. The lowest BCUT2D eigenvalue weighted by Gasteiger charge is -2.43. The van der Waals surface area contributed by atoms with Crippen molar-refractivity contribution >= 4 is 37.6 Å². The minimum Gasteiger partial charge on any atom is -0.486 e. The van der Waals surface area contributed by atoms with Crippen molar-refractivity contribution in [2.24, 2.45) is 10.8 Å². The molecule has 0 spiro atoms. The van der Waals surface area contributed by atoms with Crippen molar-refractivity contribution in [1.29, 1.82) is 0 Å². The normalized spacial score (nSPS) is 25.2. The summed E-state index contributed by atoms with van der Waals surface area (Å²) in [6.45, 7) is -3.20. The van der Waals surface area contributed by atoms with Crippen molar-refractivity contribution in [2.45, 2.75) is 49.7 Å². The summed E-state index contributed by atoms with van der Waals surface area (Å²) >= 11 is 3.33. The average molecular weight is 652 g/mol. The molecule has 1 N–H and O–H groups in total. The number of nitrogens with zero attached hydrogens (tertiary/aromatic N) is 1. The van der Waals surface area contributed by atoms with Gasteiger partial charge in [-0.15, -0.1) is 0 Å². The molecule has 0 saturated heterocycles. The molecule has 3 aliphatic rings. The first-order chi connectivity index (χ1) is 19.4. The van der Waals surface area contributed by atoms with E-state index in [9.17, 15) is 31.5 Å². The summed E-state index contributed by atoms with van der Waals surface area (Å²) in [4.78, 5) is 12.1. The van der Waals surface area contributed by atoms with E-state index in [1.807, 2.05) is 0 Å². The number of benzene rings is 3. The van der Waals surface area contributed by atoms with Gasteiger partial charge in [0, 0.05) is 16.0 Å². The van der Waals surface area contributed by atoms with Crippen LogP contribution in [0.1, 0.15) is 32.1 Å². The van der Waals surface area contributed by atoms with E-state index in [0.29, 0.717) is 42.1 Å². The summed E-state index contributed by atoms with van der Waals surface area (Å²) in [5.41, 5.74) is -0.539. The van der Waals surface area contributed by atoms with Crippen LogP contribution in [0.2, 0.25) is 0 Å². The Bertz CT molecular complexity index is 1640. The molecule has 0 unspecified atom stereocenters. The molecule has 0 amide bonds. The number of carboxylic acid groups (broad SMARTS) is 1. The average Bonchev–Trinajstić information content (AvgIpc) is 3.51. The van der Waals surface area contributed by atoms with Crippen molar-refractivity contribution < 1.29 is 41.0 Å². The maximum atomic E-state index is 14.3. The van der Waals surface area contributed by atoms with Gasteiger partial charge in [0.1, 0.15) is 23.4 Å². The first-order valence-corrected chi connectivity index (χ1v) is 15.2. The van der Waals surface area contributed by atoms with Gasteiger partial charge in [-0.2, -0.15) is 8.78 Å². The van der Waals surface area contributed by atoms with Gasteiger partial charge in [-0.3, -0.25) is 9.10 Å². The van der Waals surface area contributed by atoms with E-state index < -0.39 is 45.4 Å². The van der Waals surface area contributed by atoms with Crippen LogP contribution >= 0.6 is 15.9 Å². The van der Waals surface area contributed by atoms with Crippen LogP contribution in [0.25, 0.3) is 11.1 Å². The lowest BCUT2D eigenvalue weighted by atomic mass is 9.78. The Morgan fingerprint density at radius 3 is 2.46 bits per heavy atom. The van der Waals surface area contributed by atoms with E-state index in [1.54, 1.807) is 24.3 Å². The highest BCUT2D eigenvalue weighted by atomic mass is 79.9. The van der Waals surface area contributed by atoms with Gasteiger partial charge < -0.3 is 14.6 Å². The van der Waals surface area contributed by atoms with Crippen molar-refractivity contribution in [3.05, 3.63) is 71.0 Å². The molecule has 1 aliphatic heterocycles. The number of fused-ring (bicyclic) bond motifs is 3. The van der Waals surface area contributed by atoms with Gasteiger partial charge >= 0.3 is 12.6 Å². The molecule has 1 atom stereocenters. The standard InChI is InChI=1S/C29H25BrF3NO6S/c30-19-2-1-3-22(13-19)41(37,38)34-15-25(28-6-8-29(16-28,9-7-28)26(35)36)40-24-5-4-17(12-23(24)34)18-10-20(31)14-21(11-18)39-27(32)33/h1-5,10-14,25,27H,6-9,15-16H2,(H,35,36)/t25-,28?,29?/m1/s1. The topological polar surface area (TPSA) is 93.1 Å². The van der Waals surface area contributed by atoms with E-state index in [4.69, 9.17) is 4.74 Å². The zero-order valence-corrected chi connectivity index (χ0v) is 23.9. The lowest BCUT2D eigenvalue weighted by molar-refractivity contribution is -0.148. The Hall–Kier alpha value is -3.25. The summed E-state index contributed by atoms with van der Waals surface area (Å²) < 4.78 is 80.8. The number of alkyl halides is 2. The molecule has 7 nitrogen and oxygen atoms in total. The molecular weight excluding hydrogens is 627 g/mol. The molecule has 0 radical (unpaired) electrons. The molecular formula is C29H25BrF3NO6S. The molecule has 0 aromatic heterocycles. The highest BCUT2D eigenvalue weighted by molar-refractivity contribution is 9.10. The van der Waals surface area contributed by atoms with Crippen LogP contribution in [-0.2, 0) is 14.8 Å². The molecule has 6 rings (SSSR count). The van der Waals surface area contributed by atoms with Crippen molar-refractivity contribution in [2.75, 3.05) is 10.8 Å². The number of aliphatic carboxylic acids is 1. The van der Waals surface area contributed by atoms with E-state index in [1.165, 1.54) is 28.6 Å². The zero-order valence-electron chi connectivity index (χ0n) is 21.5. The fourth-order valence-electron chi connectivity index (χ4n) is 6.61. The third-order valence-electron chi connectivity index (χ3n) is 8.67. The fraction of sp³-hybridized carbons (Fsp3) is 0.345. The van der Waals surface area contributed by atoms with Gasteiger partial charge in [-0.05, 0) is 85.7 Å². The molecule has 2 aliphatic carbocycles. The second kappa shape index (κ2) is 9.94. The Morgan fingerprint density at radius 1 is 1.05 bits per heavy atom. The summed E-state index contributed by atoms with van der Waals surface area (Å²) in [7, 11) is -4.14. The second-order valence-corrected chi connectivity index (χ2v) is 13.7. The highest BCUT2D eigenvalue weighted by Crippen LogP contribution is 2.64. The molecule has 41 heavy (non-hydrogen) atoms. The predicted octanol–water partition coefficient (Wildman–Crippen LogP) is 6.85. The van der Waals surface area contributed by atoms with Crippen molar-refractivity contribution in [1.82, 2.24) is 0 Å². The summed E-state index contributed by atoms with van der Waals surface area (Å²) in [6.07, 6.45) is 2.06. The maximum Gasteiger partial charge on any atom is 0.387 e. The molecule has 2 bridgehead atoms. The monoisotopic (exact) mass is 651 g/mol. The van der Waals surface area contributed by atoms with Crippen LogP contribution < -0.4 is 13.8 Å². The Kier molecular flexibility index (Phi) is 6.76. The largest absolute Gasteiger partial charge is 0.486 e. The summed E-state index contributed by atoms with van der Waals surface area (Å²) in [6, 6.07) is 14.2. The van der Waals surface area contributed by atoms with Gasteiger partial charge in [0.2, 0.25) is 0 Å². The van der Waals surface area contributed by atoms with Gasteiger partial charge in [-0.25, -0.2) is 12.8 Å². The van der Waals surface area contributed by atoms with Crippen LogP contribution in [0, 0.1) is 16.6 Å². The van der Waals surface area contributed by atoms with Crippen LogP contribution in [0.4, 0.5) is 18.9 Å². The first-order valence-electron chi connectivity index (χ1n) is 13.0. The summed E-state index contributed by atoms with van der Waals surface area (Å²) in [5, 5.41) is 9.91. The SMILES string of the molecule is O=C(O)C12CCC([C@H]3CN(S(=O)(=O)c4cccc(Br)c4)c4cc(-c5cc(F)cc(OC(F)F)c5)ccc4O3)(CC1)C2. The van der Waals surface area contributed by atoms with Crippen LogP contribution in [-0.4, -0.2) is 38.8 Å². The lowest BCUT2D eigenvalue weighted by Crippen LogP contribution is -2.50. The van der Waals surface area contributed by atoms with Gasteiger partial charge in [-0.1, -0.05) is 28.1 Å². The smallest absolute Gasteiger partial charge is 0.387 e. The fourth-order valence-corrected chi connectivity index (χ4v) is 8.68. The minimum atomic E-state index is -4.14.